The molecule has 2 aromatic heterocycles. The first-order chi connectivity index (χ1) is 21.7. The van der Waals surface area contributed by atoms with Gasteiger partial charge in [-0.2, -0.15) is 10.5 Å². The molecule has 0 aliphatic heterocycles. The number of hydrogen-bond donors (Lipinski definition) is 0. The molecule has 2 heterocycles. The Morgan fingerprint density at radius 3 is 2.02 bits per heavy atom. The van der Waals surface area contributed by atoms with Crippen molar-refractivity contribution in [3.63, 3.8) is 0 Å². The SMILES string of the molecule is [C-]#[N+]c1ccc2c(c1)c1c(-c3cccc(-n4c5ccccc5c5cc(C#N)ccc54)c3)cccc1n2-c1ccc(C#N)cc1. The highest BCUT2D eigenvalue weighted by molar-refractivity contribution is 6.16. The summed E-state index contributed by atoms with van der Waals surface area (Å²) < 4.78 is 4.46. The summed E-state index contributed by atoms with van der Waals surface area (Å²) in [7, 11) is 0. The zero-order valence-electron chi connectivity index (χ0n) is 23.4. The van der Waals surface area contributed by atoms with Crippen molar-refractivity contribution in [2.75, 3.05) is 0 Å². The summed E-state index contributed by atoms with van der Waals surface area (Å²) in [6.45, 7) is 7.69. The molecule has 5 heteroatoms. The van der Waals surface area contributed by atoms with Crippen molar-refractivity contribution in [2.45, 2.75) is 0 Å². The maximum Gasteiger partial charge on any atom is 0.188 e. The topological polar surface area (TPSA) is 61.8 Å². The predicted octanol–water partition coefficient (Wildman–Crippen LogP) is 9.84. The van der Waals surface area contributed by atoms with Gasteiger partial charge in [-0.3, -0.25) is 0 Å². The van der Waals surface area contributed by atoms with Crippen molar-refractivity contribution < 1.29 is 0 Å². The Bertz CT molecular complexity index is 2580. The normalized spacial score (nSPS) is 11.1. The van der Waals surface area contributed by atoms with Gasteiger partial charge in [-0.1, -0.05) is 48.5 Å². The van der Waals surface area contributed by atoms with Crippen LogP contribution in [0.4, 0.5) is 5.69 Å². The average molecular weight is 560 g/mol. The van der Waals surface area contributed by atoms with Crippen LogP contribution in [0.1, 0.15) is 11.1 Å². The van der Waals surface area contributed by atoms with E-state index in [1.807, 2.05) is 72.8 Å². The molecular formula is C39H21N5. The minimum atomic E-state index is 0.585. The molecule has 8 aromatic rings. The van der Waals surface area contributed by atoms with Crippen molar-refractivity contribution in [2.24, 2.45) is 0 Å². The van der Waals surface area contributed by atoms with E-state index < -0.39 is 0 Å². The standard InChI is InChI=1S/C39H21N5/c1-42-28-15-19-37-34(22-28)39-31(9-5-11-38(39)43(37)29-16-12-25(23-40)13-17-29)27-6-4-7-30(21-27)44-35-10-3-2-8-32(35)33-20-26(24-41)14-18-36(33)44/h2-22H. The Balaban J connectivity index is 1.40. The number of para-hydroxylation sites is 1. The first kappa shape index (κ1) is 25.1. The third kappa shape index (κ3) is 3.70. The van der Waals surface area contributed by atoms with E-state index in [1.54, 1.807) is 0 Å². The molecule has 5 nitrogen and oxygen atoms in total. The van der Waals surface area contributed by atoms with Gasteiger partial charge >= 0.3 is 0 Å². The van der Waals surface area contributed by atoms with Gasteiger partial charge in [0.25, 0.3) is 0 Å². The van der Waals surface area contributed by atoms with Gasteiger partial charge in [-0.05, 0) is 95.4 Å². The molecule has 0 unspecified atom stereocenters. The zero-order chi connectivity index (χ0) is 29.8. The molecule has 0 aliphatic carbocycles. The molecule has 0 atom stereocenters. The third-order valence-corrected chi connectivity index (χ3v) is 8.37. The molecule has 0 spiro atoms. The molecule has 0 bridgehead atoms. The molecule has 0 aliphatic rings. The van der Waals surface area contributed by atoms with Crippen molar-refractivity contribution in [1.82, 2.24) is 9.13 Å². The summed E-state index contributed by atoms with van der Waals surface area (Å²) in [5.41, 5.74) is 10.1. The molecule has 202 valence electrons. The maximum atomic E-state index is 9.56. The second kappa shape index (κ2) is 9.74. The van der Waals surface area contributed by atoms with Crippen molar-refractivity contribution in [3.05, 3.63) is 150 Å². The van der Waals surface area contributed by atoms with Gasteiger partial charge in [-0.15, -0.1) is 0 Å². The summed E-state index contributed by atoms with van der Waals surface area (Å²) in [6, 6.07) is 46.9. The van der Waals surface area contributed by atoms with Gasteiger partial charge in [0.2, 0.25) is 0 Å². The molecule has 0 amide bonds. The lowest BCUT2D eigenvalue weighted by molar-refractivity contribution is 1.18. The van der Waals surface area contributed by atoms with Crippen molar-refractivity contribution >= 4 is 49.3 Å². The van der Waals surface area contributed by atoms with Crippen molar-refractivity contribution in [1.29, 1.82) is 10.5 Å². The number of aromatic nitrogens is 2. The summed E-state index contributed by atoms with van der Waals surface area (Å²) in [4.78, 5) is 3.73. The Kier molecular flexibility index (Phi) is 5.56. The number of hydrogen-bond acceptors (Lipinski definition) is 2. The molecule has 0 fully saturated rings. The average Bonchev–Trinajstić information content (AvgIpc) is 3.60. The van der Waals surface area contributed by atoms with E-state index in [4.69, 9.17) is 6.57 Å². The number of fused-ring (bicyclic) bond motifs is 6. The Morgan fingerprint density at radius 2 is 1.20 bits per heavy atom. The monoisotopic (exact) mass is 559 g/mol. The van der Waals surface area contributed by atoms with Gasteiger partial charge in [0, 0.05) is 27.5 Å². The van der Waals surface area contributed by atoms with Gasteiger partial charge in [0.05, 0.1) is 51.9 Å². The molecule has 44 heavy (non-hydrogen) atoms. The van der Waals surface area contributed by atoms with Crippen LogP contribution in [0.5, 0.6) is 0 Å². The number of benzene rings is 6. The Hall–Kier alpha value is -6.61. The first-order valence-corrected chi connectivity index (χ1v) is 14.2. The molecular weight excluding hydrogens is 538 g/mol. The molecule has 0 radical (unpaired) electrons. The highest BCUT2D eigenvalue weighted by Crippen LogP contribution is 2.41. The number of rotatable bonds is 3. The van der Waals surface area contributed by atoms with Crippen LogP contribution < -0.4 is 0 Å². The molecule has 6 aromatic carbocycles. The van der Waals surface area contributed by atoms with Crippen LogP contribution in [0.2, 0.25) is 0 Å². The van der Waals surface area contributed by atoms with E-state index in [-0.39, 0.29) is 0 Å². The number of nitriles is 2. The Labute approximate surface area is 253 Å². The fourth-order valence-electron chi connectivity index (χ4n) is 6.47. The highest BCUT2D eigenvalue weighted by Gasteiger charge is 2.18. The summed E-state index contributed by atoms with van der Waals surface area (Å²) in [5.74, 6) is 0. The van der Waals surface area contributed by atoms with E-state index in [1.165, 1.54) is 0 Å². The fraction of sp³-hybridized carbons (Fsp3) is 0. The van der Waals surface area contributed by atoms with Crippen LogP contribution in [0.15, 0.2) is 127 Å². The minimum Gasteiger partial charge on any atom is -0.309 e. The molecule has 0 N–H and O–H groups in total. The predicted molar refractivity (Wildman–Crippen MR) is 176 cm³/mol. The van der Waals surface area contributed by atoms with Gasteiger partial charge in [0.15, 0.2) is 5.69 Å². The van der Waals surface area contributed by atoms with Gasteiger partial charge in [0.1, 0.15) is 0 Å². The zero-order valence-corrected chi connectivity index (χ0v) is 23.4. The van der Waals surface area contributed by atoms with Crippen molar-refractivity contribution in [3.8, 4) is 34.6 Å². The van der Waals surface area contributed by atoms with Gasteiger partial charge < -0.3 is 9.13 Å². The second-order valence-electron chi connectivity index (χ2n) is 10.8. The smallest absolute Gasteiger partial charge is 0.188 e. The molecule has 0 saturated heterocycles. The van der Waals surface area contributed by atoms with Crippen LogP contribution >= 0.6 is 0 Å². The summed E-state index contributed by atoms with van der Waals surface area (Å²) in [6.07, 6.45) is 0. The van der Waals surface area contributed by atoms with E-state index in [0.29, 0.717) is 16.8 Å². The lowest BCUT2D eigenvalue weighted by atomic mass is 9.98. The first-order valence-electron chi connectivity index (χ1n) is 14.2. The third-order valence-electron chi connectivity index (χ3n) is 8.37. The van der Waals surface area contributed by atoms with Crippen LogP contribution in [-0.2, 0) is 0 Å². The van der Waals surface area contributed by atoms with E-state index in [2.05, 4.69) is 80.7 Å². The molecule has 8 rings (SSSR count). The van der Waals surface area contributed by atoms with E-state index in [9.17, 15) is 10.5 Å². The Morgan fingerprint density at radius 1 is 0.523 bits per heavy atom. The van der Waals surface area contributed by atoms with Crippen LogP contribution in [0.25, 0.3) is 71.0 Å². The van der Waals surface area contributed by atoms with Crippen LogP contribution in [0, 0.1) is 29.2 Å². The van der Waals surface area contributed by atoms with Crippen LogP contribution in [0.3, 0.4) is 0 Å². The summed E-state index contributed by atoms with van der Waals surface area (Å²) in [5, 5.41) is 23.1. The van der Waals surface area contributed by atoms with E-state index in [0.717, 1.165) is 66.1 Å². The second-order valence-corrected chi connectivity index (χ2v) is 10.8. The van der Waals surface area contributed by atoms with E-state index >= 15 is 0 Å². The largest absolute Gasteiger partial charge is 0.309 e. The fourth-order valence-corrected chi connectivity index (χ4v) is 6.47. The lowest BCUT2D eigenvalue weighted by Gasteiger charge is -2.12. The minimum absolute atomic E-state index is 0.585. The van der Waals surface area contributed by atoms with Gasteiger partial charge in [-0.25, -0.2) is 4.85 Å². The molecule has 0 saturated carbocycles. The van der Waals surface area contributed by atoms with Crippen LogP contribution in [-0.4, -0.2) is 9.13 Å². The maximum absolute atomic E-state index is 9.56. The quantitative estimate of drug-likeness (QED) is 0.202. The number of nitrogens with zero attached hydrogens (tertiary/aromatic N) is 5. The summed E-state index contributed by atoms with van der Waals surface area (Å²) >= 11 is 0. The lowest BCUT2D eigenvalue weighted by Crippen LogP contribution is -1.95. The highest BCUT2D eigenvalue weighted by atomic mass is 15.0.